The molecule has 1 saturated heterocycles. The van der Waals surface area contributed by atoms with Crippen LogP contribution in [0.15, 0.2) is 18.2 Å². The molecule has 1 N–H and O–H groups in total. The van der Waals surface area contributed by atoms with E-state index in [2.05, 4.69) is 10.2 Å². The van der Waals surface area contributed by atoms with E-state index in [1.165, 1.54) is 23.5 Å². The van der Waals surface area contributed by atoms with E-state index in [-0.39, 0.29) is 17.8 Å². The van der Waals surface area contributed by atoms with Crippen molar-refractivity contribution in [1.29, 1.82) is 0 Å². The summed E-state index contributed by atoms with van der Waals surface area (Å²) in [7, 11) is 0. The Morgan fingerprint density at radius 2 is 2.16 bits per heavy atom. The van der Waals surface area contributed by atoms with Crippen LogP contribution in [0.5, 0.6) is 5.75 Å². The molecule has 25 heavy (non-hydrogen) atoms. The summed E-state index contributed by atoms with van der Waals surface area (Å²) in [6.07, 6.45) is 2.25. The molecule has 1 atom stereocenters. The molecule has 8 heteroatoms. The van der Waals surface area contributed by atoms with Crippen molar-refractivity contribution in [2.45, 2.75) is 32.9 Å². The van der Waals surface area contributed by atoms with Crippen molar-refractivity contribution in [1.82, 2.24) is 10.2 Å². The lowest BCUT2D eigenvalue weighted by atomic mass is 10.2. The fraction of sp³-hybridized carbons (Fsp3) is 0.471. The Labute approximate surface area is 149 Å². The topological polar surface area (TPSA) is 84.7 Å². The van der Waals surface area contributed by atoms with E-state index in [1.54, 1.807) is 6.07 Å². The number of amides is 1. The summed E-state index contributed by atoms with van der Waals surface area (Å²) in [5.41, 5.74) is -0.0105. The van der Waals surface area contributed by atoms with Gasteiger partial charge in [-0.1, -0.05) is 0 Å². The molecule has 0 saturated carbocycles. The van der Waals surface area contributed by atoms with Crippen LogP contribution in [0, 0.1) is 10.1 Å². The van der Waals surface area contributed by atoms with Crippen LogP contribution in [0.4, 0.5) is 5.69 Å². The van der Waals surface area contributed by atoms with Gasteiger partial charge in [0, 0.05) is 35.3 Å². The first-order chi connectivity index (χ1) is 12.0. The molecule has 0 radical (unpaired) electrons. The average Bonchev–Trinajstić information content (AvgIpc) is 3.23. The molecule has 1 amide bonds. The SMILES string of the molecule is CCOc1c(C(=O)NC(C)N2CCCC2)sc2ccc([N+](=O)[O-])cc12. The van der Waals surface area contributed by atoms with Crippen molar-refractivity contribution in [3.8, 4) is 5.75 Å². The van der Waals surface area contributed by atoms with Crippen LogP contribution < -0.4 is 10.1 Å². The van der Waals surface area contributed by atoms with E-state index in [0.717, 1.165) is 30.6 Å². The number of benzene rings is 1. The Balaban J connectivity index is 1.92. The van der Waals surface area contributed by atoms with Crippen LogP contribution in [-0.4, -0.2) is 41.6 Å². The first-order valence-electron chi connectivity index (χ1n) is 8.40. The molecule has 3 rings (SSSR count). The maximum atomic E-state index is 12.8. The first kappa shape index (κ1) is 17.6. The molecule has 7 nitrogen and oxygen atoms in total. The van der Waals surface area contributed by atoms with Gasteiger partial charge in [-0.3, -0.25) is 19.8 Å². The largest absolute Gasteiger partial charge is 0.491 e. The third-order valence-electron chi connectivity index (χ3n) is 4.36. The first-order valence-corrected chi connectivity index (χ1v) is 9.21. The number of likely N-dealkylation sites (tertiary alicyclic amines) is 1. The summed E-state index contributed by atoms with van der Waals surface area (Å²) >= 11 is 1.30. The highest BCUT2D eigenvalue weighted by Gasteiger charge is 2.25. The number of nitrogens with one attached hydrogen (secondary N) is 1. The Kier molecular flexibility index (Phi) is 5.19. The van der Waals surface area contributed by atoms with E-state index in [4.69, 9.17) is 4.74 Å². The second-order valence-corrected chi connectivity index (χ2v) is 7.08. The minimum atomic E-state index is -0.442. The second-order valence-electron chi connectivity index (χ2n) is 6.02. The number of nitrogens with zero attached hydrogens (tertiary/aromatic N) is 2. The number of nitro groups is 1. The molecule has 1 aliphatic rings. The van der Waals surface area contributed by atoms with Crippen molar-refractivity contribution >= 4 is 33.0 Å². The quantitative estimate of drug-likeness (QED) is 0.628. The third kappa shape index (κ3) is 3.59. The minimum Gasteiger partial charge on any atom is -0.491 e. The van der Waals surface area contributed by atoms with Gasteiger partial charge in [0.05, 0.1) is 17.7 Å². The molecule has 1 aromatic carbocycles. The highest BCUT2D eigenvalue weighted by atomic mass is 32.1. The van der Waals surface area contributed by atoms with Crippen molar-refractivity contribution < 1.29 is 14.5 Å². The summed E-state index contributed by atoms with van der Waals surface area (Å²) in [4.78, 5) is 26.0. The van der Waals surface area contributed by atoms with Crippen molar-refractivity contribution in [2.75, 3.05) is 19.7 Å². The van der Waals surface area contributed by atoms with Gasteiger partial charge in [-0.05, 0) is 32.8 Å². The maximum absolute atomic E-state index is 12.8. The predicted octanol–water partition coefficient (Wildman–Crippen LogP) is 3.38. The van der Waals surface area contributed by atoms with Crippen LogP contribution in [-0.2, 0) is 0 Å². The summed E-state index contributed by atoms with van der Waals surface area (Å²) in [5, 5.41) is 14.7. The van der Waals surface area contributed by atoms with Crippen LogP contribution >= 0.6 is 11.3 Å². The van der Waals surface area contributed by atoms with E-state index >= 15 is 0 Å². The number of non-ortho nitro benzene ring substituents is 1. The molecule has 0 bridgehead atoms. The van der Waals surface area contributed by atoms with Gasteiger partial charge < -0.3 is 10.1 Å². The molecule has 1 fully saturated rings. The smallest absolute Gasteiger partial charge is 0.270 e. The summed E-state index contributed by atoms with van der Waals surface area (Å²) in [5.74, 6) is 0.226. The summed E-state index contributed by atoms with van der Waals surface area (Å²) < 4.78 is 6.47. The molecule has 0 spiro atoms. The molecule has 2 aromatic rings. The number of hydrogen-bond acceptors (Lipinski definition) is 6. The lowest BCUT2D eigenvalue weighted by Gasteiger charge is -2.24. The Bertz CT molecular complexity index is 799. The molecule has 1 unspecified atom stereocenters. The van der Waals surface area contributed by atoms with E-state index in [0.29, 0.717) is 22.6 Å². The predicted molar refractivity (Wildman–Crippen MR) is 97.4 cm³/mol. The highest BCUT2D eigenvalue weighted by Crippen LogP contribution is 2.39. The van der Waals surface area contributed by atoms with Gasteiger partial charge in [0.25, 0.3) is 11.6 Å². The molecule has 2 heterocycles. The molecule has 134 valence electrons. The Hall–Kier alpha value is -2.19. The zero-order valence-electron chi connectivity index (χ0n) is 14.3. The number of carbonyl (C=O) groups excluding carboxylic acids is 1. The fourth-order valence-corrected chi connectivity index (χ4v) is 4.12. The van der Waals surface area contributed by atoms with Gasteiger partial charge in [0.1, 0.15) is 4.88 Å². The minimum absolute atomic E-state index is 0.0105. The second kappa shape index (κ2) is 7.37. The number of rotatable bonds is 6. The van der Waals surface area contributed by atoms with Crippen molar-refractivity contribution in [3.63, 3.8) is 0 Å². The van der Waals surface area contributed by atoms with E-state index in [1.807, 2.05) is 13.8 Å². The molecule has 0 aliphatic carbocycles. The molecule has 1 aliphatic heterocycles. The van der Waals surface area contributed by atoms with Gasteiger partial charge in [-0.15, -0.1) is 11.3 Å². The van der Waals surface area contributed by atoms with Gasteiger partial charge >= 0.3 is 0 Å². The zero-order chi connectivity index (χ0) is 18.0. The van der Waals surface area contributed by atoms with Crippen LogP contribution in [0.25, 0.3) is 10.1 Å². The third-order valence-corrected chi connectivity index (χ3v) is 5.51. The van der Waals surface area contributed by atoms with E-state index in [9.17, 15) is 14.9 Å². The number of hydrogen-bond donors (Lipinski definition) is 1. The Morgan fingerprint density at radius 1 is 1.44 bits per heavy atom. The van der Waals surface area contributed by atoms with Gasteiger partial charge in [0.15, 0.2) is 5.75 Å². The van der Waals surface area contributed by atoms with E-state index < -0.39 is 4.92 Å². The van der Waals surface area contributed by atoms with Gasteiger partial charge in [0.2, 0.25) is 0 Å². The number of thiophene rings is 1. The summed E-state index contributed by atoms with van der Waals surface area (Å²) in [6, 6.07) is 4.59. The van der Waals surface area contributed by atoms with Crippen molar-refractivity contribution in [2.24, 2.45) is 0 Å². The number of fused-ring (bicyclic) bond motifs is 1. The number of carbonyl (C=O) groups is 1. The lowest BCUT2D eigenvalue weighted by Crippen LogP contribution is -2.44. The maximum Gasteiger partial charge on any atom is 0.270 e. The summed E-state index contributed by atoms with van der Waals surface area (Å²) in [6.45, 7) is 6.16. The van der Waals surface area contributed by atoms with Crippen LogP contribution in [0.1, 0.15) is 36.4 Å². The monoisotopic (exact) mass is 363 g/mol. The average molecular weight is 363 g/mol. The lowest BCUT2D eigenvalue weighted by molar-refractivity contribution is -0.384. The van der Waals surface area contributed by atoms with Crippen LogP contribution in [0.3, 0.4) is 0 Å². The molecular weight excluding hydrogens is 342 g/mol. The zero-order valence-corrected chi connectivity index (χ0v) is 15.1. The number of ether oxygens (including phenoxy) is 1. The van der Waals surface area contributed by atoms with Gasteiger partial charge in [-0.2, -0.15) is 0 Å². The fourth-order valence-electron chi connectivity index (χ4n) is 3.09. The van der Waals surface area contributed by atoms with Crippen molar-refractivity contribution in [3.05, 3.63) is 33.2 Å². The Morgan fingerprint density at radius 3 is 2.80 bits per heavy atom. The normalized spacial score (nSPS) is 16.1. The standard InChI is InChI=1S/C17H21N3O4S/c1-3-24-15-13-10-12(20(22)23)6-7-14(13)25-16(15)17(21)18-11(2)19-8-4-5-9-19/h6-7,10-11H,3-5,8-9H2,1-2H3,(H,18,21). The highest BCUT2D eigenvalue weighted by molar-refractivity contribution is 7.21. The van der Waals surface area contributed by atoms with Gasteiger partial charge in [-0.25, -0.2) is 0 Å². The number of nitro benzene ring substituents is 1. The van der Waals surface area contributed by atoms with Crippen LogP contribution in [0.2, 0.25) is 0 Å². The molecule has 1 aromatic heterocycles. The molecular formula is C17H21N3O4S.